The fourth-order valence-electron chi connectivity index (χ4n) is 4.40. The molecule has 2 fully saturated rings. The van der Waals surface area contributed by atoms with Crippen LogP contribution in [0.4, 0.5) is 0 Å². The van der Waals surface area contributed by atoms with Gasteiger partial charge >= 0.3 is 0 Å². The first kappa shape index (κ1) is 23.4. The van der Waals surface area contributed by atoms with Gasteiger partial charge in [-0.2, -0.15) is 0 Å². The van der Waals surface area contributed by atoms with Crippen molar-refractivity contribution in [1.29, 1.82) is 0 Å². The molecule has 0 amide bonds. The predicted molar refractivity (Wildman–Crippen MR) is 132 cm³/mol. The Hall–Kier alpha value is 2.10. The molecular formula is C19H36S6. The van der Waals surface area contributed by atoms with E-state index >= 15 is 0 Å². The summed E-state index contributed by atoms with van der Waals surface area (Å²) in [6.07, 6.45) is 11.7. The third kappa shape index (κ3) is 7.79. The fourth-order valence-corrected chi connectivity index (χ4v) is 13.3. The lowest BCUT2D eigenvalue weighted by molar-refractivity contribution is 0.0609. The lowest BCUT2D eigenvalue weighted by atomic mass is 9.61. The van der Waals surface area contributed by atoms with Gasteiger partial charge in [0.1, 0.15) is 0 Å². The van der Waals surface area contributed by atoms with Gasteiger partial charge in [0.15, 0.2) is 0 Å². The van der Waals surface area contributed by atoms with E-state index in [0.717, 1.165) is 22.3 Å². The summed E-state index contributed by atoms with van der Waals surface area (Å²) in [6, 6.07) is 0. The highest BCUT2D eigenvalue weighted by molar-refractivity contribution is 9.09. The first-order chi connectivity index (χ1) is 12.1. The highest BCUT2D eigenvalue weighted by Crippen LogP contribution is 2.53. The van der Waals surface area contributed by atoms with Gasteiger partial charge in [-0.25, -0.2) is 0 Å². The quantitative estimate of drug-likeness (QED) is 0.235. The van der Waals surface area contributed by atoms with E-state index in [9.17, 15) is 0 Å². The van der Waals surface area contributed by atoms with Crippen molar-refractivity contribution < 1.29 is 0 Å². The van der Waals surface area contributed by atoms with Crippen LogP contribution in [-0.4, -0.2) is 22.0 Å². The third-order valence-corrected chi connectivity index (χ3v) is 15.7. The largest absolute Gasteiger partial charge is 0.0828 e. The van der Waals surface area contributed by atoms with Crippen LogP contribution in [0.5, 0.6) is 0 Å². The van der Waals surface area contributed by atoms with Crippen molar-refractivity contribution in [2.45, 2.75) is 89.6 Å². The molecule has 0 spiro atoms. The molecule has 0 aromatic heterocycles. The Kier molecular flexibility index (Phi) is 11.8. The maximum atomic E-state index is 2.60. The van der Waals surface area contributed by atoms with E-state index in [-0.39, 0.29) is 0 Å². The Balaban J connectivity index is 1.71. The van der Waals surface area contributed by atoms with Crippen LogP contribution in [0.25, 0.3) is 0 Å². The van der Waals surface area contributed by atoms with Gasteiger partial charge in [-0.15, -0.1) is 0 Å². The van der Waals surface area contributed by atoms with Gasteiger partial charge in [-0.3, -0.25) is 0 Å². The molecule has 0 unspecified atom stereocenters. The van der Waals surface area contributed by atoms with Crippen molar-refractivity contribution in [1.82, 2.24) is 0 Å². The van der Waals surface area contributed by atoms with E-state index in [4.69, 9.17) is 0 Å². The van der Waals surface area contributed by atoms with Crippen molar-refractivity contribution in [2.24, 2.45) is 17.3 Å². The van der Waals surface area contributed by atoms with E-state index in [0.29, 0.717) is 5.41 Å². The van der Waals surface area contributed by atoms with E-state index in [1.54, 1.807) is 0 Å². The first-order valence-corrected chi connectivity index (χ1v) is 17.4. The normalized spacial score (nSPS) is 31.2. The summed E-state index contributed by atoms with van der Waals surface area (Å²) < 4.78 is 0. The maximum Gasteiger partial charge on any atom is 0.0159 e. The lowest BCUT2D eigenvalue weighted by Crippen LogP contribution is -2.37. The Labute approximate surface area is 180 Å². The SMILES string of the molecule is CCSSSC1CCC(C(C)(C)C2CCC(SSSCC)CC2)CC1. The van der Waals surface area contributed by atoms with Gasteiger partial charge in [0.05, 0.1) is 0 Å². The molecule has 0 bridgehead atoms. The fraction of sp³-hybridized carbons (Fsp3) is 1.00. The second-order valence-corrected chi connectivity index (χ2v) is 17.4. The van der Waals surface area contributed by atoms with Gasteiger partial charge in [-0.1, -0.05) is 70.9 Å². The summed E-state index contributed by atoms with van der Waals surface area (Å²) >= 11 is 0. The number of hydrogen-bond donors (Lipinski definition) is 0. The average Bonchev–Trinajstić information content (AvgIpc) is 2.63. The smallest absolute Gasteiger partial charge is 0.0159 e. The van der Waals surface area contributed by atoms with Crippen LogP contribution in [0.15, 0.2) is 0 Å². The van der Waals surface area contributed by atoms with Crippen LogP contribution in [-0.2, 0) is 0 Å². The van der Waals surface area contributed by atoms with E-state index < -0.39 is 0 Å². The molecule has 0 aromatic rings. The van der Waals surface area contributed by atoms with Gasteiger partial charge in [0, 0.05) is 22.0 Å². The highest BCUT2D eigenvalue weighted by Gasteiger charge is 2.40. The molecule has 2 aliphatic rings. The van der Waals surface area contributed by atoms with E-state index in [1.807, 2.05) is 41.2 Å². The van der Waals surface area contributed by atoms with E-state index in [2.05, 4.69) is 49.3 Å². The summed E-state index contributed by atoms with van der Waals surface area (Å²) in [5.74, 6) is 4.40. The monoisotopic (exact) mass is 456 g/mol. The van der Waals surface area contributed by atoms with Crippen molar-refractivity contribution >= 4 is 62.8 Å². The summed E-state index contributed by atoms with van der Waals surface area (Å²) in [5, 5.41) is 1.83. The second kappa shape index (κ2) is 12.6. The average molecular weight is 457 g/mol. The van der Waals surface area contributed by atoms with Crippen LogP contribution in [0, 0.1) is 17.3 Å². The molecule has 0 aliphatic heterocycles. The molecular weight excluding hydrogens is 421 g/mol. The Morgan fingerprint density at radius 2 is 1.00 bits per heavy atom. The van der Waals surface area contributed by atoms with Gasteiger partial charge < -0.3 is 0 Å². The molecule has 0 radical (unpaired) electrons. The molecule has 148 valence electrons. The van der Waals surface area contributed by atoms with Crippen molar-refractivity contribution in [3.05, 3.63) is 0 Å². The summed E-state index contributed by atoms with van der Waals surface area (Å²) in [6.45, 7) is 9.72. The minimum Gasteiger partial charge on any atom is -0.0828 e. The van der Waals surface area contributed by atoms with Crippen molar-refractivity contribution in [3.8, 4) is 0 Å². The van der Waals surface area contributed by atoms with Gasteiger partial charge in [0.25, 0.3) is 0 Å². The van der Waals surface area contributed by atoms with Gasteiger partial charge in [-0.05, 0) is 88.3 Å². The lowest BCUT2D eigenvalue weighted by Gasteiger charge is -2.46. The van der Waals surface area contributed by atoms with Gasteiger partial charge in [0.2, 0.25) is 0 Å². The van der Waals surface area contributed by atoms with E-state index in [1.165, 1.54) is 62.9 Å². The Morgan fingerprint density at radius 3 is 1.32 bits per heavy atom. The van der Waals surface area contributed by atoms with Crippen molar-refractivity contribution in [2.75, 3.05) is 11.5 Å². The minimum absolute atomic E-state index is 0.557. The summed E-state index contributed by atoms with van der Waals surface area (Å²) in [7, 11) is 12.4. The molecule has 2 saturated carbocycles. The highest BCUT2D eigenvalue weighted by atomic mass is 33.5. The van der Waals surface area contributed by atoms with Crippen molar-refractivity contribution in [3.63, 3.8) is 0 Å². The minimum atomic E-state index is 0.557. The van der Waals surface area contributed by atoms with Crippen LogP contribution >= 0.6 is 62.8 Å². The molecule has 6 heteroatoms. The molecule has 2 rings (SSSR count). The number of hydrogen-bond acceptors (Lipinski definition) is 6. The molecule has 2 aliphatic carbocycles. The Morgan fingerprint density at radius 1 is 0.640 bits per heavy atom. The van der Waals surface area contributed by atoms with Crippen LogP contribution in [0.2, 0.25) is 0 Å². The predicted octanol–water partition coefficient (Wildman–Crippen LogP) is 9.23. The molecule has 0 nitrogen and oxygen atoms in total. The topological polar surface area (TPSA) is 0 Å². The zero-order valence-electron chi connectivity index (χ0n) is 16.3. The number of rotatable bonds is 10. The third-order valence-electron chi connectivity index (χ3n) is 6.14. The summed E-state index contributed by atoms with van der Waals surface area (Å²) in [4.78, 5) is 0. The van der Waals surface area contributed by atoms with Crippen LogP contribution in [0.1, 0.15) is 79.1 Å². The first-order valence-electron chi connectivity index (χ1n) is 9.97. The maximum absolute atomic E-state index is 2.60. The molecule has 25 heavy (non-hydrogen) atoms. The molecule has 0 atom stereocenters. The van der Waals surface area contributed by atoms with Crippen LogP contribution in [0.3, 0.4) is 0 Å². The standard InChI is InChI=1S/C19H36S6/c1-5-20-24-22-17-11-7-15(8-12-17)19(3,4)16-9-13-18(14-10-16)23-25-21-6-2/h15-18H,5-14H2,1-4H3. The zero-order chi connectivity index (χ0) is 18.1. The molecule has 0 aromatic carbocycles. The summed E-state index contributed by atoms with van der Waals surface area (Å²) in [5.41, 5.74) is 0.557. The second-order valence-electron chi connectivity index (χ2n) is 7.91. The van der Waals surface area contributed by atoms with Crippen LogP contribution < -0.4 is 0 Å². The Bertz CT molecular complexity index is 314. The molecule has 0 heterocycles. The zero-order valence-corrected chi connectivity index (χ0v) is 21.2. The molecule has 0 N–H and O–H groups in total. The molecule has 0 saturated heterocycles.